The van der Waals surface area contributed by atoms with Gasteiger partial charge in [0.1, 0.15) is 17.0 Å². The van der Waals surface area contributed by atoms with Gasteiger partial charge in [-0.05, 0) is 65.5 Å². The van der Waals surface area contributed by atoms with Gasteiger partial charge in [-0.3, -0.25) is 4.98 Å². The first kappa shape index (κ1) is 16.8. The molecule has 0 spiro atoms. The molecule has 3 aromatic rings. The Hall–Kier alpha value is -2.07. The molecule has 1 aromatic heterocycles. The van der Waals surface area contributed by atoms with Gasteiger partial charge in [0.15, 0.2) is 0 Å². The van der Waals surface area contributed by atoms with Gasteiger partial charge in [0.25, 0.3) is 0 Å². The third-order valence-electron chi connectivity index (χ3n) is 3.74. The molecule has 0 radical (unpaired) electrons. The lowest BCUT2D eigenvalue weighted by molar-refractivity contribution is 0.267. The summed E-state index contributed by atoms with van der Waals surface area (Å²) in [6.07, 6.45) is 3.67. The lowest BCUT2D eigenvalue weighted by Gasteiger charge is -2.10. The van der Waals surface area contributed by atoms with Crippen LogP contribution in [0.25, 0.3) is 10.9 Å². The number of aromatic nitrogens is 1. The first-order valence-electron chi connectivity index (χ1n) is 8.09. The summed E-state index contributed by atoms with van der Waals surface area (Å²) >= 11 is 3.53. The molecule has 0 saturated carbocycles. The Labute approximate surface area is 150 Å². The van der Waals surface area contributed by atoms with Gasteiger partial charge in [-0.2, -0.15) is 0 Å². The summed E-state index contributed by atoms with van der Waals surface area (Å²) in [6.45, 7) is 3.40. The average molecular weight is 386 g/mol. The zero-order chi connectivity index (χ0) is 16.8. The molecule has 0 amide bonds. The molecule has 0 aliphatic heterocycles. The van der Waals surface area contributed by atoms with Crippen LogP contribution in [0.2, 0.25) is 0 Å². The number of ether oxygens (including phenoxy) is 2. The van der Waals surface area contributed by atoms with E-state index >= 15 is 0 Å². The fourth-order valence-corrected chi connectivity index (χ4v) is 3.09. The molecule has 3 nitrogen and oxygen atoms in total. The van der Waals surface area contributed by atoms with Crippen molar-refractivity contribution in [1.82, 2.24) is 4.98 Å². The summed E-state index contributed by atoms with van der Waals surface area (Å²) in [7, 11) is 0. The molecule has 24 heavy (non-hydrogen) atoms. The van der Waals surface area contributed by atoms with Crippen molar-refractivity contribution in [2.75, 3.05) is 13.2 Å². The van der Waals surface area contributed by atoms with E-state index in [1.165, 1.54) is 5.56 Å². The van der Waals surface area contributed by atoms with Crippen molar-refractivity contribution in [3.63, 3.8) is 0 Å². The molecule has 124 valence electrons. The van der Waals surface area contributed by atoms with Crippen LogP contribution >= 0.6 is 15.9 Å². The smallest absolute Gasteiger partial charge is 0.145 e. The van der Waals surface area contributed by atoms with Crippen molar-refractivity contribution in [3.05, 3.63) is 64.8 Å². The summed E-state index contributed by atoms with van der Waals surface area (Å²) < 4.78 is 12.7. The highest BCUT2D eigenvalue weighted by Gasteiger charge is 2.03. The molecule has 0 aliphatic rings. The van der Waals surface area contributed by atoms with Crippen LogP contribution in [-0.2, 0) is 0 Å². The van der Waals surface area contributed by atoms with Gasteiger partial charge >= 0.3 is 0 Å². The number of nitrogens with zero attached hydrogens (tertiary/aromatic N) is 1. The topological polar surface area (TPSA) is 31.4 Å². The molecule has 0 N–H and O–H groups in total. The maximum atomic E-state index is 5.88. The number of aryl methyl sites for hydroxylation is 1. The molecule has 0 atom stereocenters. The number of unbranched alkanes of at least 4 members (excludes halogenated alkanes) is 1. The number of para-hydroxylation sites is 1. The maximum absolute atomic E-state index is 5.88. The average Bonchev–Trinajstić information content (AvgIpc) is 2.59. The minimum absolute atomic E-state index is 0.661. The SMILES string of the molecule is Cc1ccc(OCCCCOc2cccc3cccnc23)c(Br)c1. The number of halogens is 1. The number of benzene rings is 2. The van der Waals surface area contributed by atoms with Crippen LogP contribution in [-0.4, -0.2) is 18.2 Å². The Bertz CT molecular complexity index is 814. The first-order chi connectivity index (χ1) is 11.7. The number of rotatable bonds is 7. The van der Waals surface area contributed by atoms with Crippen LogP contribution in [0.5, 0.6) is 11.5 Å². The molecule has 0 aliphatic carbocycles. The van der Waals surface area contributed by atoms with Gasteiger partial charge in [0.2, 0.25) is 0 Å². The van der Waals surface area contributed by atoms with Gasteiger partial charge in [0, 0.05) is 11.6 Å². The van der Waals surface area contributed by atoms with E-state index in [-0.39, 0.29) is 0 Å². The van der Waals surface area contributed by atoms with Gasteiger partial charge in [-0.1, -0.05) is 24.3 Å². The molecular weight excluding hydrogens is 366 g/mol. The fraction of sp³-hybridized carbons (Fsp3) is 0.250. The van der Waals surface area contributed by atoms with Crippen molar-refractivity contribution >= 4 is 26.8 Å². The van der Waals surface area contributed by atoms with Crippen LogP contribution in [0.3, 0.4) is 0 Å². The molecule has 0 unspecified atom stereocenters. The third-order valence-corrected chi connectivity index (χ3v) is 4.36. The van der Waals surface area contributed by atoms with Crippen LogP contribution in [0.15, 0.2) is 59.2 Å². The van der Waals surface area contributed by atoms with Gasteiger partial charge in [0.05, 0.1) is 17.7 Å². The van der Waals surface area contributed by atoms with Crippen molar-refractivity contribution in [1.29, 1.82) is 0 Å². The van der Waals surface area contributed by atoms with Crippen molar-refractivity contribution in [2.45, 2.75) is 19.8 Å². The predicted octanol–water partition coefficient (Wildman–Crippen LogP) is 5.54. The van der Waals surface area contributed by atoms with E-state index in [4.69, 9.17) is 9.47 Å². The fourth-order valence-electron chi connectivity index (χ4n) is 2.48. The molecule has 0 bridgehead atoms. The molecule has 3 rings (SSSR count). The molecule has 1 heterocycles. The highest BCUT2D eigenvalue weighted by molar-refractivity contribution is 9.10. The van der Waals surface area contributed by atoms with Crippen molar-refractivity contribution < 1.29 is 9.47 Å². The highest BCUT2D eigenvalue weighted by atomic mass is 79.9. The monoisotopic (exact) mass is 385 g/mol. The summed E-state index contributed by atoms with van der Waals surface area (Å²) in [4.78, 5) is 4.40. The maximum Gasteiger partial charge on any atom is 0.145 e. The third kappa shape index (κ3) is 4.26. The number of hydrogen-bond acceptors (Lipinski definition) is 3. The number of pyridine rings is 1. The highest BCUT2D eigenvalue weighted by Crippen LogP contribution is 2.26. The van der Waals surface area contributed by atoms with Crippen LogP contribution in [0.1, 0.15) is 18.4 Å². The van der Waals surface area contributed by atoms with E-state index in [0.717, 1.165) is 39.7 Å². The van der Waals surface area contributed by atoms with Crippen LogP contribution in [0.4, 0.5) is 0 Å². The largest absolute Gasteiger partial charge is 0.492 e. The van der Waals surface area contributed by atoms with E-state index < -0.39 is 0 Å². The molecular formula is C20H20BrNO2. The van der Waals surface area contributed by atoms with E-state index in [2.05, 4.69) is 40.0 Å². The van der Waals surface area contributed by atoms with Gasteiger partial charge < -0.3 is 9.47 Å². The van der Waals surface area contributed by atoms with Crippen molar-refractivity contribution in [2.24, 2.45) is 0 Å². The Kier molecular flexibility index (Phi) is 5.70. The minimum Gasteiger partial charge on any atom is -0.492 e. The van der Waals surface area contributed by atoms with E-state index in [1.54, 1.807) is 6.20 Å². The van der Waals surface area contributed by atoms with E-state index in [9.17, 15) is 0 Å². The van der Waals surface area contributed by atoms with Gasteiger partial charge in [-0.15, -0.1) is 0 Å². The summed E-state index contributed by atoms with van der Waals surface area (Å²) in [5.74, 6) is 1.73. The Morgan fingerprint density at radius 3 is 2.46 bits per heavy atom. The first-order valence-corrected chi connectivity index (χ1v) is 8.89. The molecule has 0 saturated heterocycles. The Morgan fingerprint density at radius 1 is 0.917 bits per heavy atom. The second kappa shape index (κ2) is 8.15. The summed E-state index contributed by atoms with van der Waals surface area (Å²) in [6, 6.07) is 16.1. The van der Waals surface area contributed by atoms with Gasteiger partial charge in [-0.25, -0.2) is 0 Å². The Morgan fingerprint density at radius 2 is 1.67 bits per heavy atom. The molecule has 4 heteroatoms. The molecule has 0 fully saturated rings. The quantitative estimate of drug-likeness (QED) is 0.500. The zero-order valence-electron chi connectivity index (χ0n) is 13.7. The second-order valence-electron chi connectivity index (χ2n) is 5.67. The summed E-state index contributed by atoms with van der Waals surface area (Å²) in [5, 5.41) is 1.10. The van der Waals surface area contributed by atoms with Crippen LogP contribution in [0, 0.1) is 6.92 Å². The second-order valence-corrected chi connectivity index (χ2v) is 6.52. The van der Waals surface area contributed by atoms with Crippen LogP contribution < -0.4 is 9.47 Å². The lowest BCUT2D eigenvalue weighted by Crippen LogP contribution is -2.03. The lowest BCUT2D eigenvalue weighted by atomic mass is 10.2. The number of fused-ring (bicyclic) bond motifs is 1. The predicted molar refractivity (Wildman–Crippen MR) is 101 cm³/mol. The Balaban J connectivity index is 1.44. The van der Waals surface area contributed by atoms with Crippen molar-refractivity contribution in [3.8, 4) is 11.5 Å². The molecule has 2 aromatic carbocycles. The van der Waals surface area contributed by atoms with E-state index in [0.29, 0.717) is 13.2 Å². The minimum atomic E-state index is 0.661. The zero-order valence-corrected chi connectivity index (χ0v) is 15.3. The standard InChI is InChI=1S/C20H20BrNO2/c1-15-9-10-18(17(21)14-15)23-12-2-3-13-24-19-8-4-6-16-7-5-11-22-20(16)19/h4-11,14H,2-3,12-13H2,1H3. The van der Waals surface area contributed by atoms with E-state index in [1.807, 2.05) is 36.4 Å². The number of hydrogen-bond donors (Lipinski definition) is 0. The summed E-state index contributed by atoms with van der Waals surface area (Å²) in [5.41, 5.74) is 2.13. The normalized spacial score (nSPS) is 10.8.